The second kappa shape index (κ2) is 5.56. The molecule has 2 atom stereocenters. The van der Waals surface area contributed by atoms with E-state index in [-0.39, 0.29) is 17.9 Å². The maximum absolute atomic E-state index is 13.6. The van der Waals surface area contributed by atoms with Gasteiger partial charge >= 0.3 is 6.09 Å². The molecule has 1 amide bonds. The number of anilines is 1. The molecular weight excluding hydrogens is 263 g/mol. The Morgan fingerprint density at radius 3 is 2.40 bits per heavy atom. The van der Waals surface area contributed by atoms with Crippen LogP contribution in [0.5, 0.6) is 5.75 Å². The predicted octanol–water partition coefficient (Wildman–Crippen LogP) is 2.41. The normalized spacial score (nSPS) is 22.8. The number of benzene rings is 1. The van der Waals surface area contributed by atoms with Crippen LogP contribution >= 0.6 is 0 Å². The van der Waals surface area contributed by atoms with E-state index >= 15 is 0 Å². The minimum absolute atomic E-state index is 0.0265. The lowest BCUT2D eigenvalue weighted by molar-refractivity contribution is 0.128. The average Bonchev–Trinajstić information content (AvgIpc) is 2.37. The van der Waals surface area contributed by atoms with Crippen LogP contribution in [0.25, 0.3) is 0 Å². The summed E-state index contributed by atoms with van der Waals surface area (Å²) in [7, 11) is 1.49. The van der Waals surface area contributed by atoms with E-state index < -0.39 is 6.09 Å². The van der Waals surface area contributed by atoms with Crippen molar-refractivity contribution < 1.29 is 19.0 Å². The highest BCUT2D eigenvalue weighted by atomic mass is 19.1. The van der Waals surface area contributed by atoms with Crippen molar-refractivity contribution in [2.45, 2.75) is 25.9 Å². The molecule has 0 aliphatic carbocycles. The van der Waals surface area contributed by atoms with Crippen LogP contribution in [-0.2, 0) is 0 Å². The van der Waals surface area contributed by atoms with E-state index in [2.05, 4.69) is 0 Å². The van der Waals surface area contributed by atoms with Crippen LogP contribution in [0.2, 0.25) is 0 Å². The second-order valence-electron chi connectivity index (χ2n) is 5.14. The molecule has 2 rings (SSSR count). The van der Waals surface area contributed by atoms with Crippen LogP contribution in [0.1, 0.15) is 13.8 Å². The Morgan fingerprint density at radius 2 is 1.90 bits per heavy atom. The highest BCUT2D eigenvalue weighted by Crippen LogP contribution is 2.29. The number of carbonyl (C=O) groups is 1. The SMILES string of the molecule is COc1cc(F)cc(N2[C@H](C)CN(C(=O)O)C[C@H]2C)c1. The number of methoxy groups -OCH3 is 1. The summed E-state index contributed by atoms with van der Waals surface area (Å²) in [6.07, 6.45) is -0.917. The largest absolute Gasteiger partial charge is 0.497 e. The molecule has 0 spiro atoms. The number of ether oxygens (including phenoxy) is 1. The fraction of sp³-hybridized carbons (Fsp3) is 0.500. The van der Waals surface area contributed by atoms with E-state index in [0.717, 1.165) is 0 Å². The fourth-order valence-corrected chi connectivity index (χ4v) is 2.80. The lowest BCUT2D eigenvalue weighted by Crippen LogP contribution is -2.58. The summed E-state index contributed by atoms with van der Waals surface area (Å²) in [6, 6.07) is 4.49. The quantitative estimate of drug-likeness (QED) is 0.905. The highest BCUT2D eigenvalue weighted by Gasteiger charge is 2.32. The minimum atomic E-state index is -0.917. The summed E-state index contributed by atoms with van der Waals surface area (Å²) in [5.41, 5.74) is 0.715. The molecule has 0 unspecified atom stereocenters. The first-order valence-electron chi connectivity index (χ1n) is 6.53. The first-order chi connectivity index (χ1) is 9.42. The Labute approximate surface area is 117 Å². The number of amides is 1. The Morgan fingerprint density at radius 1 is 1.30 bits per heavy atom. The molecule has 20 heavy (non-hydrogen) atoms. The summed E-state index contributed by atoms with van der Waals surface area (Å²) >= 11 is 0. The van der Waals surface area contributed by atoms with Crippen LogP contribution in [-0.4, -0.2) is 48.4 Å². The van der Waals surface area contributed by atoms with Gasteiger partial charge in [-0.2, -0.15) is 0 Å². The Bertz CT molecular complexity index is 497. The van der Waals surface area contributed by atoms with Crippen molar-refractivity contribution in [3.8, 4) is 5.75 Å². The summed E-state index contributed by atoms with van der Waals surface area (Å²) in [5, 5.41) is 9.08. The van der Waals surface area contributed by atoms with Crippen molar-refractivity contribution in [2.24, 2.45) is 0 Å². The van der Waals surface area contributed by atoms with E-state index in [4.69, 9.17) is 9.84 Å². The van der Waals surface area contributed by atoms with Gasteiger partial charge in [-0.15, -0.1) is 0 Å². The maximum Gasteiger partial charge on any atom is 0.407 e. The molecule has 110 valence electrons. The Kier molecular flexibility index (Phi) is 4.01. The van der Waals surface area contributed by atoms with Gasteiger partial charge in [0.1, 0.15) is 11.6 Å². The van der Waals surface area contributed by atoms with Crippen LogP contribution in [0, 0.1) is 5.82 Å². The van der Waals surface area contributed by atoms with E-state index in [1.165, 1.54) is 24.1 Å². The summed E-state index contributed by atoms with van der Waals surface area (Å²) in [6.45, 7) is 4.67. The number of rotatable bonds is 2. The molecule has 1 N–H and O–H groups in total. The van der Waals surface area contributed by atoms with Crippen molar-refractivity contribution >= 4 is 11.8 Å². The molecule has 0 bridgehead atoms. The molecule has 1 aromatic carbocycles. The molecular formula is C14H19FN2O3. The van der Waals surface area contributed by atoms with Crippen molar-refractivity contribution in [3.05, 3.63) is 24.0 Å². The van der Waals surface area contributed by atoms with E-state index in [0.29, 0.717) is 24.5 Å². The minimum Gasteiger partial charge on any atom is -0.497 e. The van der Waals surface area contributed by atoms with E-state index in [1.807, 2.05) is 18.7 Å². The van der Waals surface area contributed by atoms with Crippen molar-refractivity contribution in [2.75, 3.05) is 25.1 Å². The first-order valence-corrected chi connectivity index (χ1v) is 6.53. The van der Waals surface area contributed by atoms with Gasteiger partial charge in [0.25, 0.3) is 0 Å². The molecule has 1 aliphatic heterocycles. The lowest BCUT2D eigenvalue weighted by Gasteiger charge is -2.45. The third-order valence-electron chi connectivity index (χ3n) is 3.58. The van der Waals surface area contributed by atoms with E-state index in [9.17, 15) is 9.18 Å². The number of nitrogens with zero attached hydrogens (tertiary/aromatic N) is 2. The van der Waals surface area contributed by atoms with Crippen molar-refractivity contribution in [1.82, 2.24) is 4.90 Å². The average molecular weight is 282 g/mol. The predicted molar refractivity (Wildman–Crippen MR) is 74.0 cm³/mol. The van der Waals surface area contributed by atoms with Gasteiger partial charge in [-0.05, 0) is 19.9 Å². The number of carboxylic acid groups (broad SMARTS) is 1. The first kappa shape index (κ1) is 14.4. The van der Waals surface area contributed by atoms with Crippen LogP contribution in [0.4, 0.5) is 14.9 Å². The highest BCUT2D eigenvalue weighted by molar-refractivity contribution is 5.66. The van der Waals surface area contributed by atoms with Crippen molar-refractivity contribution in [1.29, 1.82) is 0 Å². The Hall–Kier alpha value is -1.98. The zero-order valence-corrected chi connectivity index (χ0v) is 11.8. The number of hydrogen-bond donors (Lipinski definition) is 1. The maximum atomic E-state index is 13.6. The van der Waals surface area contributed by atoms with Gasteiger partial charge in [-0.3, -0.25) is 0 Å². The molecule has 0 saturated carbocycles. The number of piperazine rings is 1. The molecule has 1 aromatic rings. The summed E-state index contributed by atoms with van der Waals surface area (Å²) in [5.74, 6) is 0.0967. The molecule has 1 fully saturated rings. The Balaban J connectivity index is 2.28. The zero-order chi connectivity index (χ0) is 14.9. The van der Waals surface area contributed by atoms with Crippen molar-refractivity contribution in [3.63, 3.8) is 0 Å². The molecule has 0 radical (unpaired) electrons. The summed E-state index contributed by atoms with van der Waals surface area (Å²) < 4.78 is 18.7. The third kappa shape index (κ3) is 2.79. The molecule has 0 aromatic heterocycles. The van der Waals surface area contributed by atoms with Crippen LogP contribution in [0.15, 0.2) is 18.2 Å². The molecule has 6 heteroatoms. The smallest absolute Gasteiger partial charge is 0.407 e. The van der Waals surface area contributed by atoms with Gasteiger partial charge in [0.05, 0.1) is 7.11 Å². The number of hydrogen-bond acceptors (Lipinski definition) is 3. The third-order valence-corrected chi connectivity index (χ3v) is 3.58. The van der Waals surface area contributed by atoms with Gasteiger partial charge in [0.15, 0.2) is 0 Å². The van der Waals surface area contributed by atoms with Gasteiger partial charge in [0.2, 0.25) is 0 Å². The van der Waals surface area contributed by atoms with Gasteiger partial charge in [-0.1, -0.05) is 0 Å². The zero-order valence-electron chi connectivity index (χ0n) is 11.8. The van der Waals surface area contributed by atoms with Crippen LogP contribution < -0.4 is 9.64 Å². The monoisotopic (exact) mass is 282 g/mol. The molecule has 1 saturated heterocycles. The standard InChI is InChI=1S/C14H19FN2O3/c1-9-7-16(14(18)19)8-10(2)17(9)12-4-11(15)5-13(6-12)20-3/h4-6,9-10H,7-8H2,1-3H3,(H,18,19)/t9-,10-/m1/s1. The van der Waals surface area contributed by atoms with Gasteiger partial charge in [0, 0.05) is 43.0 Å². The summed E-state index contributed by atoms with van der Waals surface area (Å²) in [4.78, 5) is 14.5. The van der Waals surface area contributed by atoms with E-state index in [1.54, 1.807) is 6.07 Å². The second-order valence-corrected chi connectivity index (χ2v) is 5.14. The van der Waals surface area contributed by atoms with Gasteiger partial charge < -0.3 is 19.6 Å². The molecule has 5 nitrogen and oxygen atoms in total. The number of halogens is 1. The van der Waals surface area contributed by atoms with Gasteiger partial charge in [-0.25, -0.2) is 9.18 Å². The molecule has 1 aliphatic rings. The fourth-order valence-electron chi connectivity index (χ4n) is 2.80. The van der Waals surface area contributed by atoms with Crippen LogP contribution in [0.3, 0.4) is 0 Å². The topological polar surface area (TPSA) is 53.0 Å². The lowest BCUT2D eigenvalue weighted by atomic mass is 10.1. The molecule has 1 heterocycles.